The summed E-state index contributed by atoms with van der Waals surface area (Å²) in [5, 5.41) is 13.4. The van der Waals surface area contributed by atoms with E-state index >= 15 is 0 Å². The van der Waals surface area contributed by atoms with Gasteiger partial charge in [0.25, 0.3) is 0 Å². The fraction of sp³-hybridized carbons (Fsp3) is 0.222. The standard InChI is InChI=1S/C18H16BrN4PS/c19-14-9-13(8-12-6-7-20-16(12)14)15-10-25-18-22-21-17(23(18)24-15)11-4-2-1-3-5-11/h1-5,8-9,15,20,24H,6-7,10H2. The molecule has 2 aromatic carbocycles. The Labute approximate surface area is 160 Å². The Hall–Kier alpha value is -1.36. The van der Waals surface area contributed by atoms with E-state index in [1.54, 1.807) is 0 Å². The zero-order valence-corrected chi connectivity index (χ0v) is 16.8. The van der Waals surface area contributed by atoms with Crippen LogP contribution in [-0.2, 0) is 6.42 Å². The second-order valence-corrected chi connectivity index (χ2v) is 9.46. The highest BCUT2D eigenvalue weighted by Crippen LogP contribution is 2.49. The maximum Gasteiger partial charge on any atom is 0.194 e. The summed E-state index contributed by atoms with van der Waals surface area (Å²) in [5.41, 5.74) is 5.74. The Morgan fingerprint density at radius 1 is 1.20 bits per heavy atom. The van der Waals surface area contributed by atoms with Crippen molar-refractivity contribution in [2.24, 2.45) is 0 Å². The zero-order chi connectivity index (χ0) is 16.8. The van der Waals surface area contributed by atoms with Gasteiger partial charge in [-0.05, 0) is 48.3 Å². The highest BCUT2D eigenvalue weighted by molar-refractivity contribution is 9.10. The van der Waals surface area contributed by atoms with Gasteiger partial charge < -0.3 is 5.32 Å². The van der Waals surface area contributed by atoms with Gasteiger partial charge in [0.1, 0.15) is 0 Å². The molecule has 0 amide bonds. The number of fused-ring (bicyclic) bond motifs is 2. The number of benzene rings is 2. The molecule has 7 heteroatoms. The topological polar surface area (TPSA) is 42.7 Å². The van der Waals surface area contributed by atoms with E-state index in [4.69, 9.17) is 0 Å². The Kier molecular flexibility index (Phi) is 4.07. The molecule has 3 heterocycles. The maximum atomic E-state index is 4.45. The number of nitrogens with one attached hydrogen (secondary N) is 1. The zero-order valence-electron chi connectivity index (χ0n) is 13.4. The van der Waals surface area contributed by atoms with Crippen molar-refractivity contribution in [2.75, 3.05) is 17.6 Å². The monoisotopic (exact) mass is 430 g/mol. The van der Waals surface area contributed by atoms with Crippen molar-refractivity contribution in [3.8, 4) is 11.4 Å². The molecule has 0 bridgehead atoms. The quantitative estimate of drug-likeness (QED) is 0.583. The van der Waals surface area contributed by atoms with Crippen molar-refractivity contribution in [1.82, 2.24) is 14.5 Å². The number of thioether (sulfide) groups is 1. The van der Waals surface area contributed by atoms with Gasteiger partial charge in [0.15, 0.2) is 11.0 Å². The lowest BCUT2D eigenvalue weighted by atomic mass is 10.1. The van der Waals surface area contributed by atoms with Crippen molar-refractivity contribution in [3.05, 3.63) is 58.1 Å². The van der Waals surface area contributed by atoms with Crippen LogP contribution in [0.15, 0.2) is 52.1 Å². The summed E-state index contributed by atoms with van der Waals surface area (Å²) in [6, 6.07) is 15.0. The molecule has 3 aromatic rings. The SMILES string of the molecule is Brc1cc(C2CSc3nnc(-c4ccccc4)n3P2)cc2c1NCC2. The van der Waals surface area contributed by atoms with Crippen LogP contribution in [0.1, 0.15) is 16.8 Å². The van der Waals surface area contributed by atoms with Crippen LogP contribution < -0.4 is 5.32 Å². The van der Waals surface area contributed by atoms with Crippen molar-refractivity contribution in [1.29, 1.82) is 0 Å². The summed E-state index contributed by atoms with van der Waals surface area (Å²) in [7, 11) is 0.631. The fourth-order valence-corrected chi connectivity index (χ4v) is 6.84. The molecular weight excluding hydrogens is 415 g/mol. The lowest BCUT2D eigenvalue weighted by molar-refractivity contribution is 0.915. The van der Waals surface area contributed by atoms with Gasteiger partial charge in [-0.3, -0.25) is 4.34 Å². The largest absolute Gasteiger partial charge is 0.384 e. The lowest BCUT2D eigenvalue weighted by Crippen LogP contribution is -2.07. The predicted octanol–water partition coefficient (Wildman–Crippen LogP) is 4.96. The lowest BCUT2D eigenvalue weighted by Gasteiger charge is -2.24. The molecule has 1 aromatic heterocycles. The van der Waals surface area contributed by atoms with E-state index in [0.717, 1.165) is 35.3 Å². The molecule has 4 nitrogen and oxygen atoms in total. The van der Waals surface area contributed by atoms with E-state index < -0.39 is 0 Å². The molecule has 2 aliphatic heterocycles. The summed E-state index contributed by atoms with van der Waals surface area (Å²) >= 11 is 5.55. The molecule has 0 aliphatic carbocycles. The second-order valence-electron chi connectivity index (χ2n) is 6.21. The van der Waals surface area contributed by atoms with E-state index in [0.29, 0.717) is 14.4 Å². The minimum absolute atomic E-state index is 0.498. The predicted molar refractivity (Wildman–Crippen MR) is 109 cm³/mol. The molecule has 0 fully saturated rings. The Balaban J connectivity index is 1.51. The Morgan fingerprint density at radius 2 is 2.08 bits per heavy atom. The summed E-state index contributed by atoms with van der Waals surface area (Å²) in [6.07, 6.45) is 1.11. The van der Waals surface area contributed by atoms with Crippen LogP contribution in [0.4, 0.5) is 5.69 Å². The number of hydrogen-bond donors (Lipinski definition) is 1. The van der Waals surface area contributed by atoms with Gasteiger partial charge >= 0.3 is 0 Å². The van der Waals surface area contributed by atoms with Gasteiger partial charge in [-0.15, -0.1) is 10.2 Å². The number of anilines is 1. The van der Waals surface area contributed by atoms with Crippen LogP contribution in [0.5, 0.6) is 0 Å². The van der Waals surface area contributed by atoms with E-state index in [1.807, 2.05) is 17.8 Å². The molecule has 126 valence electrons. The van der Waals surface area contributed by atoms with Gasteiger partial charge in [-0.1, -0.05) is 48.2 Å². The van der Waals surface area contributed by atoms with Crippen LogP contribution in [0.2, 0.25) is 0 Å². The van der Waals surface area contributed by atoms with Gasteiger partial charge in [-0.2, -0.15) is 0 Å². The van der Waals surface area contributed by atoms with Crippen molar-refractivity contribution < 1.29 is 0 Å². The summed E-state index contributed by atoms with van der Waals surface area (Å²) < 4.78 is 3.48. The molecule has 0 spiro atoms. The van der Waals surface area contributed by atoms with Crippen molar-refractivity contribution in [3.63, 3.8) is 0 Å². The highest BCUT2D eigenvalue weighted by atomic mass is 79.9. The average molecular weight is 431 g/mol. The van der Waals surface area contributed by atoms with Gasteiger partial charge in [0.2, 0.25) is 0 Å². The normalized spacial score (nSPS) is 19.5. The van der Waals surface area contributed by atoms with Gasteiger partial charge in [-0.25, -0.2) is 0 Å². The van der Waals surface area contributed by atoms with E-state index in [1.165, 1.54) is 21.3 Å². The molecule has 0 radical (unpaired) electrons. The maximum absolute atomic E-state index is 4.45. The van der Waals surface area contributed by atoms with Crippen LogP contribution in [0.3, 0.4) is 0 Å². The molecule has 5 rings (SSSR count). The van der Waals surface area contributed by atoms with Crippen LogP contribution in [0, 0.1) is 0 Å². The van der Waals surface area contributed by atoms with E-state index in [2.05, 4.69) is 72.2 Å². The number of halogens is 1. The number of aromatic nitrogens is 3. The number of nitrogens with zero attached hydrogens (tertiary/aromatic N) is 3. The summed E-state index contributed by atoms with van der Waals surface area (Å²) in [6.45, 7) is 1.03. The third-order valence-corrected chi connectivity index (χ3v) is 8.26. The van der Waals surface area contributed by atoms with Crippen molar-refractivity contribution >= 4 is 42.1 Å². The van der Waals surface area contributed by atoms with Crippen molar-refractivity contribution in [2.45, 2.75) is 17.2 Å². The summed E-state index contributed by atoms with van der Waals surface area (Å²) in [4.78, 5) is 0. The van der Waals surface area contributed by atoms with Crippen LogP contribution in [0.25, 0.3) is 11.4 Å². The summed E-state index contributed by atoms with van der Waals surface area (Å²) in [5.74, 6) is 2.04. The second kappa shape index (κ2) is 6.42. The van der Waals surface area contributed by atoms with Crippen LogP contribution in [-0.4, -0.2) is 26.8 Å². The third-order valence-electron chi connectivity index (χ3n) is 4.62. The Bertz CT molecular complexity index is 944. The molecule has 25 heavy (non-hydrogen) atoms. The first-order chi connectivity index (χ1) is 12.3. The van der Waals surface area contributed by atoms with Gasteiger partial charge in [0, 0.05) is 28.0 Å². The first kappa shape index (κ1) is 15.9. The molecule has 0 saturated heterocycles. The number of rotatable bonds is 2. The van der Waals surface area contributed by atoms with Crippen LogP contribution >= 0.6 is 36.4 Å². The Morgan fingerprint density at radius 3 is 2.96 bits per heavy atom. The van der Waals surface area contributed by atoms with E-state index in [-0.39, 0.29) is 0 Å². The fourth-order valence-electron chi connectivity index (χ4n) is 3.38. The molecule has 1 N–H and O–H groups in total. The molecule has 2 atom stereocenters. The molecule has 0 saturated carbocycles. The van der Waals surface area contributed by atoms with E-state index in [9.17, 15) is 0 Å². The minimum Gasteiger partial charge on any atom is -0.384 e. The molecule has 2 aliphatic rings. The average Bonchev–Trinajstić information content (AvgIpc) is 3.29. The molecule has 2 unspecified atom stereocenters. The first-order valence-corrected chi connectivity index (χ1v) is 11.1. The smallest absolute Gasteiger partial charge is 0.194 e. The minimum atomic E-state index is 0.498. The first-order valence-electron chi connectivity index (χ1n) is 8.26. The number of hydrogen-bond acceptors (Lipinski definition) is 4. The third kappa shape index (κ3) is 2.80. The molecular formula is C18H16BrN4PS. The van der Waals surface area contributed by atoms with Gasteiger partial charge in [0.05, 0.1) is 5.69 Å². The highest BCUT2D eigenvalue weighted by Gasteiger charge is 2.27.